The molecule has 2 aromatic rings. The molecule has 0 unspecified atom stereocenters. The van der Waals surface area contributed by atoms with Gasteiger partial charge in [0.15, 0.2) is 6.19 Å². The van der Waals surface area contributed by atoms with Crippen LogP contribution in [0.15, 0.2) is 41.4 Å². The van der Waals surface area contributed by atoms with E-state index >= 15 is 0 Å². The Hall–Kier alpha value is -2.34. The highest BCUT2D eigenvalue weighted by atomic mass is 15.0. The average molecular weight is 207 g/mol. The summed E-state index contributed by atoms with van der Waals surface area (Å²) in [6.45, 7) is 0.657. The second-order valence-corrected chi connectivity index (χ2v) is 3.76. The van der Waals surface area contributed by atoms with E-state index in [1.54, 1.807) is 0 Å². The highest BCUT2D eigenvalue weighted by Gasteiger charge is 2.15. The first-order valence-corrected chi connectivity index (χ1v) is 5.10. The molecule has 0 fully saturated rings. The van der Waals surface area contributed by atoms with E-state index in [0.717, 1.165) is 5.56 Å². The lowest BCUT2D eigenvalue weighted by molar-refractivity contribution is 1.10. The molecule has 1 heterocycles. The van der Waals surface area contributed by atoms with Crippen LogP contribution in [0.1, 0.15) is 11.1 Å². The summed E-state index contributed by atoms with van der Waals surface area (Å²) in [5.41, 5.74) is 2.22. The molecule has 76 valence electrons. The molecule has 0 bridgehead atoms. The first-order chi connectivity index (χ1) is 7.88. The van der Waals surface area contributed by atoms with Gasteiger partial charge in [-0.05, 0) is 28.5 Å². The third-order valence-electron chi connectivity index (χ3n) is 2.81. The van der Waals surface area contributed by atoms with Gasteiger partial charge < -0.3 is 0 Å². The van der Waals surface area contributed by atoms with Gasteiger partial charge >= 0.3 is 0 Å². The molecule has 0 saturated carbocycles. The Kier molecular flexibility index (Phi) is 1.87. The van der Waals surface area contributed by atoms with Gasteiger partial charge in [-0.2, -0.15) is 5.26 Å². The van der Waals surface area contributed by atoms with Crippen LogP contribution in [0, 0.1) is 11.5 Å². The van der Waals surface area contributed by atoms with Crippen molar-refractivity contribution in [1.29, 1.82) is 5.26 Å². The van der Waals surface area contributed by atoms with Crippen molar-refractivity contribution in [2.45, 2.75) is 6.54 Å². The van der Waals surface area contributed by atoms with Gasteiger partial charge in [0.2, 0.25) is 0 Å². The van der Waals surface area contributed by atoms with Crippen LogP contribution < -0.4 is 5.32 Å². The maximum Gasteiger partial charge on any atom is 0.182 e. The molecule has 1 N–H and O–H groups in total. The molecule has 0 radical (unpaired) electrons. The Morgan fingerprint density at radius 1 is 1.19 bits per heavy atom. The van der Waals surface area contributed by atoms with Gasteiger partial charge in [-0.3, -0.25) is 10.3 Å². The van der Waals surface area contributed by atoms with Crippen molar-refractivity contribution in [3.05, 3.63) is 47.5 Å². The predicted octanol–water partition coefficient (Wildman–Crippen LogP) is 2.17. The number of fused-ring (bicyclic) bond motifs is 2. The van der Waals surface area contributed by atoms with Crippen LogP contribution in [0.4, 0.5) is 0 Å². The Labute approximate surface area is 93.0 Å². The zero-order valence-corrected chi connectivity index (χ0v) is 8.57. The molecule has 3 rings (SSSR count). The van der Waals surface area contributed by atoms with E-state index in [1.807, 2.05) is 18.3 Å². The number of amidine groups is 1. The fourth-order valence-corrected chi connectivity index (χ4v) is 2.05. The summed E-state index contributed by atoms with van der Waals surface area (Å²) in [6.07, 6.45) is 1.92. The molecule has 16 heavy (non-hydrogen) atoms. The molecular weight excluding hydrogens is 198 g/mol. The molecule has 0 aromatic heterocycles. The minimum Gasteiger partial charge on any atom is -0.277 e. The van der Waals surface area contributed by atoms with Gasteiger partial charge in [0.25, 0.3) is 0 Å². The average Bonchev–Trinajstić information content (AvgIpc) is 2.70. The van der Waals surface area contributed by atoms with Crippen molar-refractivity contribution >= 4 is 16.6 Å². The minimum atomic E-state index is 0.657. The maximum atomic E-state index is 8.62. The monoisotopic (exact) mass is 207 g/mol. The summed E-state index contributed by atoms with van der Waals surface area (Å²) in [7, 11) is 0. The van der Waals surface area contributed by atoms with Gasteiger partial charge in [-0.15, -0.1) is 0 Å². The van der Waals surface area contributed by atoms with Crippen LogP contribution in [0.25, 0.3) is 10.8 Å². The summed E-state index contributed by atoms with van der Waals surface area (Å²) in [4.78, 5) is 4.30. The Morgan fingerprint density at radius 3 is 2.69 bits per heavy atom. The largest absolute Gasteiger partial charge is 0.277 e. The van der Waals surface area contributed by atoms with Crippen molar-refractivity contribution in [2.24, 2.45) is 4.99 Å². The number of nitrogens with one attached hydrogen (secondary N) is 1. The van der Waals surface area contributed by atoms with E-state index in [-0.39, 0.29) is 0 Å². The summed E-state index contributed by atoms with van der Waals surface area (Å²) < 4.78 is 0. The zero-order chi connectivity index (χ0) is 11.0. The van der Waals surface area contributed by atoms with Crippen LogP contribution in [0.3, 0.4) is 0 Å². The number of nitriles is 1. The van der Waals surface area contributed by atoms with Crippen LogP contribution in [0.2, 0.25) is 0 Å². The smallest absolute Gasteiger partial charge is 0.182 e. The van der Waals surface area contributed by atoms with E-state index in [2.05, 4.69) is 34.6 Å². The molecule has 0 atom stereocenters. The molecular formula is C13H9N3. The molecule has 3 heteroatoms. The van der Waals surface area contributed by atoms with Crippen molar-refractivity contribution in [2.75, 3.05) is 0 Å². The molecule has 0 aliphatic carbocycles. The molecule has 0 saturated heterocycles. The summed E-state index contributed by atoms with van der Waals surface area (Å²) in [6, 6.07) is 12.4. The SMILES string of the molecule is N#CNC1=NCc2cc3ccccc3cc21. The molecule has 3 nitrogen and oxygen atoms in total. The summed E-state index contributed by atoms with van der Waals surface area (Å²) in [5, 5.41) is 13.6. The predicted molar refractivity (Wildman–Crippen MR) is 62.9 cm³/mol. The topological polar surface area (TPSA) is 48.2 Å². The first kappa shape index (κ1) is 8.93. The van der Waals surface area contributed by atoms with Crippen molar-refractivity contribution in [3.8, 4) is 6.19 Å². The minimum absolute atomic E-state index is 0.657. The number of hydrogen-bond acceptors (Lipinski definition) is 3. The van der Waals surface area contributed by atoms with Crippen molar-refractivity contribution < 1.29 is 0 Å². The third-order valence-corrected chi connectivity index (χ3v) is 2.81. The second kappa shape index (κ2) is 3.35. The second-order valence-electron chi connectivity index (χ2n) is 3.76. The van der Waals surface area contributed by atoms with Crippen LogP contribution in [0.5, 0.6) is 0 Å². The van der Waals surface area contributed by atoms with E-state index in [0.29, 0.717) is 12.4 Å². The third kappa shape index (κ3) is 1.24. The standard InChI is InChI=1S/C13H9N3/c14-8-16-13-12-6-10-4-2-1-3-9(10)5-11(12)7-15-13/h1-6H,7H2,(H,15,16). The lowest BCUT2D eigenvalue weighted by atomic mass is 10.0. The fourth-order valence-electron chi connectivity index (χ4n) is 2.05. The van der Waals surface area contributed by atoms with Gasteiger partial charge in [0.1, 0.15) is 5.84 Å². The van der Waals surface area contributed by atoms with Crippen LogP contribution in [-0.2, 0) is 6.54 Å². The Morgan fingerprint density at radius 2 is 1.94 bits per heavy atom. The highest BCUT2D eigenvalue weighted by molar-refractivity contribution is 6.05. The van der Waals surface area contributed by atoms with E-state index < -0.39 is 0 Å². The molecule has 1 aliphatic rings. The zero-order valence-electron chi connectivity index (χ0n) is 8.57. The lowest BCUT2D eigenvalue weighted by Crippen LogP contribution is -2.16. The fraction of sp³-hybridized carbons (Fsp3) is 0.0769. The quantitative estimate of drug-likeness (QED) is 0.531. The maximum absolute atomic E-state index is 8.62. The van der Waals surface area contributed by atoms with Gasteiger partial charge in [-0.1, -0.05) is 24.3 Å². The summed E-state index contributed by atoms with van der Waals surface area (Å²) in [5.74, 6) is 0.684. The van der Waals surface area contributed by atoms with Gasteiger partial charge in [-0.25, -0.2) is 0 Å². The summed E-state index contributed by atoms with van der Waals surface area (Å²) >= 11 is 0. The number of rotatable bonds is 0. The lowest BCUT2D eigenvalue weighted by Gasteiger charge is -2.04. The molecule has 2 aromatic carbocycles. The number of benzene rings is 2. The number of aliphatic imine (C=N–C) groups is 1. The highest BCUT2D eigenvalue weighted by Crippen LogP contribution is 2.24. The Balaban J connectivity index is 2.20. The normalized spacial score (nSPS) is 13.1. The van der Waals surface area contributed by atoms with E-state index in [1.165, 1.54) is 16.3 Å². The van der Waals surface area contributed by atoms with Gasteiger partial charge in [0.05, 0.1) is 6.54 Å². The Bertz CT molecular complexity index is 635. The first-order valence-electron chi connectivity index (χ1n) is 5.10. The van der Waals surface area contributed by atoms with Crippen LogP contribution in [-0.4, -0.2) is 5.84 Å². The van der Waals surface area contributed by atoms with Gasteiger partial charge in [0, 0.05) is 5.56 Å². The molecule has 1 aliphatic heterocycles. The number of hydrogen-bond donors (Lipinski definition) is 1. The number of nitrogens with zero attached hydrogens (tertiary/aromatic N) is 2. The van der Waals surface area contributed by atoms with Crippen molar-refractivity contribution in [1.82, 2.24) is 5.32 Å². The van der Waals surface area contributed by atoms with Crippen molar-refractivity contribution in [3.63, 3.8) is 0 Å². The van der Waals surface area contributed by atoms with E-state index in [9.17, 15) is 0 Å². The molecule has 0 amide bonds. The van der Waals surface area contributed by atoms with E-state index in [4.69, 9.17) is 5.26 Å². The van der Waals surface area contributed by atoms with Crippen LogP contribution >= 0.6 is 0 Å². The molecule has 0 spiro atoms.